The van der Waals surface area contributed by atoms with Crippen LogP contribution in [0.2, 0.25) is 0 Å². The number of carbonyl (C=O) groups excluding carboxylic acids is 1. The van der Waals surface area contributed by atoms with E-state index < -0.39 is 0 Å². The summed E-state index contributed by atoms with van der Waals surface area (Å²) in [5.74, 6) is 1.94. The highest BCUT2D eigenvalue weighted by molar-refractivity contribution is 5.91. The molecule has 0 saturated heterocycles. The molecule has 1 aliphatic rings. The third-order valence-electron chi connectivity index (χ3n) is 3.07. The third-order valence-corrected chi connectivity index (χ3v) is 3.07. The van der Waals surface area contributed by atoms with Gasteiger partial charge in [0.15, 0.2) is 5.76 Å². The van der Waals surface area contributed by atoms with Crippen LogP contribution in [0.15, 0.2) is 35.2 Å². The Hall–Kier alpha value is -2.04. The molecule has 2 aromatic rings. The fourth-order valence-electron chi connectivity index (χ4n) is 2.00. The van der Waals surface area contributed by atoms with Gasteiger partial charge >= 0.3 is 0 Å². The number of aromatic nitrogens is 2. The molecule has 0 radical (unpaired) electrons. The lowest BCUT2D eigenvalue weighted by molar-refractivity contribution is 0.0924. The lowest BCUT2D eigenvalue weighted by atomic mass is 10.4. The van der Waals surface area contributed by atoms with Gasteiger partial charge in [0.25, 0.3) is 5.91 Å². The Balaban J connectivity index is 1.52. The van der Waals surface area contributed by atoms with Gasteiger partial charge in [-0.1, -0.05) is 0 Å². The SMILES string of the molecule is O=C(NCCn1ccnc1C1CC1)c1ccco1. The van der Waals surface area contributed by atoms with Crippen LogP contribution in [-0.2, 0) is 6.54 Å². The molecule has 0 unspecified atom stereocenters. The molecule has 2 heterocycles. The van der Waals surface area contributed by atoms with Gasteiger partial charge in [0.05, 0.1) is 6.26 Å². The molecule has 94 valence electrons. The summed E-state index contributed by atoms with van der Waals surface area (Å²) in [6, 6.07) is 3.36. The summed E-state index contributed by atoms with van der Waals surface area (Å²) in [5, 5.41) is 2.83. The molecule has 0 bridgehead atoms. The second-order valence-electron chi connectivity index (χ2n) is 4.49. The molecule has 1 aliphatic carbocycles. The normalized spacial score (nSPS) is 14.7. The maximum atomic E-state index is 11.6. The molecule has 3 rings (SSSR count). The highest BCUT2D eigenvalue weighted by Gasteiger charge is 2.27. The van der Waals surface area contributed by atoms with E-state index in [0.717, 1.165) is 12.4 Å². The smallest absolute Gasteiger partial charge is 0.287 e. The minimum absolute atomic E-state index is 0.173. The van der Waals surface area contributed by atoms with Crippen LogP contribution in [-0.4, -0.2) is 22.0 Å². The topological polar surface area (TPSA) is 60.1 Å². The van der Waals surface area contributed by atoms with E-state index in [-0.39, 0.29) is 5.91 Å². The maximum absolute atomic E-state index is 11.6. The number of imidazole rings is 1. The lowest BCUT2D eigenvalue weighted by Gasteiger charge is -2.07. The molecular formula is C13H15N3O2. The molecule has 1 N–H and O–H groups in total. The number of hydrogen-bond acceptors (Lipinski definition) is 3. The van der Waals surface area contributed by atoms with Crippen molar-refractivity contribution in [3.63, 3.8) is 0 Å². The zero-order valence-corrected chi connectivity index (χ0v) is 10.0. The van der Waals surface area contributed by atoms with Crippen LogP contribution in [0, 0.1) is 0 Å². The monoisotopic (exact) mass is 245 g/mol. The number of carbonyl (C=O) groups is 1. The second kappa shape index (κ2) is 4.68. The van der Waals surface area contributed by atoms with Gasteiger partial charge in [-0.3, -0.25) is 4.79 Å². The largest absolute Gasteiger partial charge is 0.459 e. The third kappa shape index (κ3) is 2.30. The Bertz CT molecular complexity index is 526. The summed E-state index contributed by atoms with van der Waals surface area (Å²) in [7, 11) is 0. The van der Waals surface area contributed by atoms with Crippen molar-refractivity contribution in [1.29, 1.82) is 0 Å². The number of rotatable bonds is 5. The summed E-state index contributed by atoms with van der Waals surface area (Å²) in [4.78, 5) is 16.0. The van der Waals surface area contributed by atoms with Crippen LogP contribution in [0.4, 0.5) is 0 Å². The summed E-state index contributed by atoms with van der Waals surface area (Å²) in [6.07, 6.45) is 7.75. The second-order valence-corrected chi connectivity index (χ2v) is 4.49. The highest BCUT2D eigenvalue weighted by atomic mass is 16.3. The lowest BCUT2D eigenvalue weighted by Crippen LogP contribution is -2.27. The summed E-state index contributed by atoms with van der Waals surface area (Å²) in [5.41, 5.74) is 0. The van der Waals surface area contributed by atoms with Crippen molar-refractivity contribution in [2.75, 3.05) is 6.54 Å². The summed E-state index contributed by atoms with van der Waals surface area (Å²) >= 11 is 0. The fraction of sp³-hybridized carbons (Fsp3) is 0.385. The van der Waals surface area contributed by atoms with Crippen molar-refractivity contribution in [2.24, 2.45) is 0 Å². The molecule has 2 aromatic heterocycles. The number of hydrogen-bond donors (Lipinski definition) is 1. The first-order valence-electron chi connectivity index (χ1n) is 6.17. The van der Waals surface area contributed by atoms with E-state index in [2.05, 4.69) is 14.9 Å². The Kier molecular flexibility index (Phi) is 2.88. The first kappa shape index (κ1) is 11.1. The van der Waals surface area contributed by atoms with E-state index in [4.69, 9.17) is 4.42 Å². The van der Waals surface area contributed by atoms with Crippen molar-refractivity contribution in [3.05, 3.63) is 42.4 Å². The van der Waals surface area contributed by atoms with Gasteiger partial charge in [-0.25, -0.2) is 4.98 Å². The van der Waals surface area contributed by atoms with Crippen LogP contribution in [0.25, 0.3) is 0 Å². The van der Waals surface area contributed by atoms with Crippen LogP contribution in [0.3, 0.4) is 0 Å². The molecule has 1 saturated carbocycles. The van der Waals surface area contributed by atoms with E-state index in [9.17, 15) is 4.79 Å². The van der Waals surface area contributed by atoms with Gasteiger partial charge in [-0.05, 0) is 25.0 Å². The molecule has 1 fully saturated rings. The minimum atomic E-state index is -0.173. The van der Waals surface area contributed by atoms with Gasteiger partial charge in [-0.15, -0.1) is 0 Å². The molecule has 0 aromatic carbocycles. The first-order chi connectivity index (χ1) is 8.84. The Morgan fingerprint density at radius 1 is 1.56 bits per heavy atom. The first-order valence-corrected chi connectivity index (χ1v) is 6.17. The molecule has 18 heavy (non-hydrogen) atoms. The number of nitrogens with one attached hydrogen (secondary N) is 1. The Labute approximate surface area is 105 Å². The number of furan rings is 1. The summed E-state index contributed by atoms with van der Waals surface area (Å²) < 4.78 is 7.14. The zero-order chi connectivity index (χ0) is 12.4. The van der Waals surface area contributed by atoms with Gasteiger partial charge < -0.3 is 14.3 Å². The number of nitrogens with zero attached hydrogens (tertiary/aromatic N) is 2. The molecular weight excluding hydrogens is 230 g/mol. The number of amides is 1. The molecule has 5 heteroatoms. The van der Waals surface area contributed by atoms with E-state index >= 15 is 0 Å². The Morgan fingerprint density at radius 3 is 3.17 bits per heavy atom. The van der Waals surface area contributed by atoms with E-state index in [1.54, 1.807) is 12.1 Å². The van der Waals surface area contributed by atoms with Crippen LogP contribution >= 0.6 is 0 Å². The van der Waals surface area contributed by atoms with Crippen LogP contribution in [0.5, 0.6) is 0 Å². The van der Waals surface area contributed by atoms with E-state index in [1.165, 1.54) is 19.1 Å². The average molecular weight is 245 g/mol. The van der Waals surface area contributed by atoms with Crippen LogP contribution < -0.4 is 5.32 Å². The fourth-order valence-corrected chi connectivity index (χ4v) is 2.00. The molecule has 5 nitrogen and oxygen atoms in total. The van der Waals surface area contributed by atoms with Gasteiger partial charge in [0, 0.05) is 31.4 Å². The maximum Gasteiger partial charge on any atom is 0.287 e. The van der Waals surface area contributed by atoms with Crippen molar-refractivity contribution >= 4 is 5.91 Å². The predicted molar refractivity (Wildman–Crippen MR) is 65.2 cm³/mol. The summed E-state index contributed by atoms with van der Waals surface area (Å²) in [6.45, 7) is 1.33. The Morgan fingerprint density at radius 2 is 2.44 bits per heavy atom. The average Bonchev–Trinajstić information content (AvgIpc) is 2.92. The van der Waals surface area contributed by atoms with Crippen LogP contribution in [0.1, 0.15) is 35.1 Å². The van der Waals surface area contributed by atoms with Crippen molar-refractivity contribution in [3.8, 4) is 0 Å². The molecule has 0 aliphatic heterocycles. The van der Waals surface area contributed by atoms with Crippen molar-refractivity contribution < 1.29 is 9.21 Å². The van der Waals surface area contributed by atoms with Gasteiger partial charge in [-0.2, -0.15) is 0 Å². The van der Waals surface area contributed by atoms with Gasteiger partial charge in [0.2, 0.25) is 0 Å². The molecule has 0 spiro atoms. The van der Waals surface area contributed by atoms with Gasteiger partial charge in [0.1, 0.15) is 5.82 Å². The van der Waals surface area contributed by atoms with Crippen molar-refractivity contribution in [1.82, 2.24) is 14.9 Å². The minimum Gasteiger partial charge on any atom is -0.459 e. The quantitative estimate of drug-likeness (QED) is 0.873. The van der Waals surface area contributed by atoms with Crippen molar-refractivity contribution in [2.45, 2.75) is 25.3 Å². The standard InChI is InChI=1S/C13H15N3O2/c17-13(11-2-1-9-18-11)15-6-8-16-7-5-14-12(16)10-3-4-10/h1-2,5,7,9-10H,3-4,6,8H2,(H,15,17). The van der Waals surface area contributed by atoms with E-state index in [0.29, 0.717) is 18.2 Å². The zero-order valence-electron chi connectivity index (χ0n) is 10.0. The molecule has 0 atom stereocenters. The molecule has 1 amide bonds. The highest BCUT2D eigenvalue weighted by Crippen LogP contribution is 2.38. The predicted octanol–water partition coefficient (Wildman–Crippen LogP) is 1.78. The van der Waals surface area contributed by atoms with E-state index in [1.807, 2.05) is 12.4 Å².